The molecule has 0 saturated carbocycles. The Hall–Kier alpha value is -2.87. The number of carbonyl (C=O) groups is 2. The number of carbonyl (C=O) groups excluding carboxylic acids is 2. The van der Waals surface area contributed by atoms with Gasteiger partial charge in [0.15, 0.2) is 0 Å². The number of nitrogens with zero attached hydrogens (tertiary/aromatic N) is 3. The molecule has 3 amide bonds. The number of benzene rings is 1. The first-order chi connectivity index (χ1) is 13.3. The molecule has 1 fully saturated rings. The maximum Gasteiger partial charge on any atom is 0.322 e. The van der Waals surface area contributed by atoms with Crippen molar-refractivity contribution in [1.82, 2.24) is 14.8 Å². The number of hydrogen-bond acceptors (Lipinski definition) is 4. The lowest BCUT2D eigenvalue weighted by Gasteiger charge is -2.19. The van der Waals surface area contributed by atoms with E-state index in [0.717, 1.165) is 6.07 Å². The van der Waals surface area contributed by atoms with Crippen molar-refractivity contribution >= 4 is 29.2 Å². The topological polar surface area (TPSA) is 74.8 Å². The van der Waals surface area contributed by atoms with E-state index in [1.54, 1.807) is 32.4 Å². The van der Waals surface area contributed by atoms with E-state index in [-0.39, 0.29) is 28.6 Å². The number of anilines is 1. The second-order valence-electron chi connectivity index (χ2n) is 6.58. The second kappa shape index (κ2) is 8.43. The average Bonchev–Trinajstić information content (AvgIpc) is 3.12. The molecule has 1 aromatic carbocycles. The minimum absolute atomic E-state index is 0.0577. The molecule has 9 heteroatoms. The van der Waals surface area contributed by atoms with Crippen LogP contribution in [0.4, 0.5) is 14.9 Å². The molecular formula is C19H20ClFN4O3. The van der Waals surface area contributed by atoms with E-state index < -0.39 is 11.8 Å². The van der Waals surface area contributed by atoms with Gasteiger partial charge in [0, 0.05) is 38.3 Å². The lowest BCUT2D eigenvalue weighted by atomic mass is 10.2. The molecular weight excluding hydrogens is 387 g/mol. The summed E-state index contributed by atoms with van der Waals surface area (Å²) in [4.78, 5) is 31.8. The SMILES string of the molecule is CN(C)C(=O)c1cccnc1OC1CCN(C(=O)Nc2ccc(Cl)cc2F)C1. The van der Waals surface area contributed by atoms with Crippen LogP contribution in [0.2, 0.25) is 5.02 Å². The molecule has 1 unspecified atom stereocenters. The molecule has 28 heavy (non-hydrogen) atoms. The van der Waals surface area contributed by atoms with Crippen LogP contribution in [-0.4, -0.2) is 60.0 Å². The minimum Gasteiger partial charge on any atom is -0.472 e. The maximum atomic E-state index is 13.9. The Kier molecular flexibility index (Phi) is 5.99. The molecule has 0 aliphatic carbocycles. The Morgan fingerprint density at radius 3 is 2.86 bits per heavy atom. The first-order valence-corrected chi connectivity index (χ1v) is 9.07. The van der Waals surface area contributed by atoms with Gasteiger partial charge in [-0.3, -0.25) is 4.79 Å². The summed E-state index contributed by atoms with van der Waals surface area (Å²) < 4.78 is 19.7. The van der Waals surface area contributed by atoms with Gasteiger partial charge in [-0.1, -0.05) is 11.6 Å². The fourth-order valence-electron chi connectivity index (χ4n) is 2.84. The molecule has 1 aliphatic rings. The number of urea groups is 1. The zero-order valence-electron chi connectivity index (χ0n) is 15.5. The van der Waals surface area contributed by atoms with Crippen molar-refractivity contribution in [3.05, 3.63) is 52.9 Å². The summed E-state index contributed by atoms with van der Waals surface area (Å²) in [6.45, 7) is 0.739. The van der Waals surface area contributed by atoms with Crippen molar-refractivity contribution in [3.63, 3.8) is 0 Å². The molecule has 148 valence electrons. The van der Waals surface area contributed by atoms with E-state index in [1.165, 1.54) is 21.9 Å². The van der Waals surface area contributed by atoms with Crippen LogP contribution >= 0.6 is 11.6 Å². The molecule has 1 saturated heterocycles. The van der Waals surface area contributed by atoms with Crippen LogP contribution in [0.15, 0.2) is 36.5 Å². The summed E-state index contributed by atoms with van der Waals surface area (Å²) in [6.07, 6.45) is 1.80. The molecule has 1 atom stereocenters. The molecule has 1 aromatic heterocycles. The highest BCUT2D eigenvalue weighted by Gasteiger charge is 2.29. The summed E-state index contributed by atoms with van der Waals surface area (Å²) in [7, 11) is 3.30. The van der Waals surface area contributed by atoms with Crippen molar-refractivity contribution in [2.24, 2.45) is 0 Å². The van der Waals surface area contributed by atoms with Gasteiger partial charge in [-0.05, 0) is 30.3 Å². The molecule has 7 nitrogen and oxygen atoms in total. The fraction of sp³-hybridized carbons (Fsp3) is 0.316. The summed E-state index contributed by atoms with van der Waals surface area (Å²) in [5, 5.41) is 2.78. The standard InChI is InChI=1S/C19H20ClFN4O3/c1-24(2)18(26)14-4-3-8-22-17(14)28-13-7-9-25(11-13)19(27)23-16-6-5-12(20)10-15(16)21/h3-6,8,10,13H,7,9,11H2,1-2H3,(H,23,27). The molecule has 0 radical (unpaired) electrons. The van der Waals surface area contributed by atoms with Crippen LogP contribution in [0.5, 0.6) is 5.88 Å². The molecule has 0 spiro atoms. The van der Waals surface area contributed by atoms with Gasteiger partial charge in [-0.2, -0.15) is 0 Å². The summed E-state index contributed by atoms with van der Waals surface area (Å²) >= 11 is 5.72. The van der Waals surface area contributed by atoms with Crippen molar-refractivity contribution in [2.75, 3.05) is 32.5 Å². The number of rotatable bonds is 4. The van der Waals surface area contributed by atoms with Gasteiger partial charge in [-0.25, -0.2) is 14.2 Å². The molecule has 2 heterocycles. The highest BCUT2D eigenvalue weighted by molar-refractivity contribution is 6.30. The van der Waals surface area contributed by atoms with Crippen LogP contribution in [0.25, 0.3) is 0 Å². The maximum absolute atomic E-state index is 13.9. The predicted octanol–water partition coefficient (Wildman–Crippen LogP) is 3.26. The summed E-state index contributed by atoms with van der Waals surface area (Å²) in [6, 6.07) is 6.93. The number of pyridine rings is 1. The average molecular weight is 407 g/mol. The molecule has 2 aromatic rings. The summed E-state index contributed by atoms with van der Waals surface area (Å²) in [5.74, 6) is -0.584. The van der Waals surface area contributed by atoms with Crippen molar-refractivity contribution < 1.29 is 18.7 Å². The van der Waals surface area contributed by atoms with E-state index in [0.29, 0.717) is 25.1 Å². The van der Waals surface area contributed by atoms with Crippen LogP contribution in [0.1, 0.15) is 16.8 Å². The highest BCUT2D eigenvalue weighted by atomic mass is 35.5. The largest absolute Gasteiger partial charge is 0.472 e. The van der Waals surface area contributed by atoms with Gasteiger partial charge < -0.3 is 19.9 Å². The third-order valence-corrected chi connectivity index (χ3v) is 4.53. The van der Waals surface area contributed by atoms with Gasteiger partial charge in [0.2, 0.25) is 5.88 Å². The van der Waals surface area contributed by atoms with Crippen molar-refractivity contribution in [3.8, 4) is 5.88 Å². The second-order valence-corrected chi connectivity index (χ2v) is 7.02. The van der Waals surface area contributed by atoms with Crippen LogP contribution in [0.3, 0.4) is 0 Å². The number of halogens is 2. The number of amides is 3. The van der Waals surface area contributed by atoms with Crippen LogP contribution < -0.4 is 10.1 Å². The smallest absolute Gasteiger partial charge is 0.322 e. The fourth-order valence-corrected chi connectivity index (χ4v) is 3.00. The Labute approximate surface area is 167 Å². The Balaban J connectivity index is 1.63. The van der Waals surface area contributed by atoms with Gasteiger partial charge >= 0.3 is 6.03 Å². The van der Waals surface area contributed by atoms with E-state index in [2.05, 4.69) is 10.3 Å². The van der Waals surface area contributed by atoms with Gasteiger partial charge in [0.1, 0.15) is 17.5 Å². The predicted molar refractivity (Wildman–Crippen MR) is 103 cm³/mol. The van der Waals surface area contributed by atoms with E-state index in [1.807, 2.05) is 0 Å². The first kappa shape index (κ1) is 19.9. The molecule has 0 bridgehead atoms. The van der Waals surface area contributed by atoms with Crippen LogP contribution in [0, 0.1) is 5.82 Å². The van der Waals surface area contributed by atoms with E-state index in [9.17, 15) is 14.0 Å². The number of hydrogen-bond donors (Lipinski definition) is 1. The van der Waals surface area contributed by atoms with Gasteiger partial charge in [0.25, 0.3) is 5.91 Å². The van der Waals surface area contributed by atoms with Gasteiger partial charge in [-0.15, -0.1) is 0 Å². The Morgan fingerprint density at radius 1 is 1.36 bits per heavy atom. The lowest BCUT2D eigenvalue weighted by molar-refractivity contribution is 0.0818. The van der Waals surface area contributed by atoms with E-state index >= 15 is 0 Å². The quantitative estimate of drug-likeness (QED) is 0.845. The van der Waals surface area contributed by atoms with Gasteiger partial charge in [0.05, 0.1) is 12.2 Å². The third-order valence-electron chi connectivity index (χ3n) is 4.29. The zero-order valence-corrected chi connectivity index (χ0v) is 16.2. The van der Waals surface area contributed by atoms with Crippen molar-refractivity contribution in [2.45, 2.75) is 12.5 Å². The number of likely N-dealkylation sites (tertiary alicyclic amines) is 1. The number of nitrogens with one attached hydrogen (secondary N) is 1. The number of aromatic nitrogens is 1. The molecule has 1 N–H and O–H groups in total. The lowest BCUT2D eigenvalue weighted by Crippen LogP contribution is -2.35. The van der Waals surface area contributed by atoms with Crippen LogP contribution in [-0.2, 0) is 0 Å². The third kappa shape index (κ3) is 4.51. The first-order valence-electron chi connectivity index (χ1n) is 8.69. The highest BCUT2D eigenvalue weighted by Crippen LogP contribution is 2.23. The Bertz CT molecular complexity index is 893. The van der Waals surface area contributed by atoms with E-state index in [4.69, 9.17) is 16.3 Å². The monoisotopic (exact) mass is 406 g/mol. The summed E-state index contributed by atoms with van der Waals surface area (Å²) in [5.41, 5.74) is 0.418. The Morgan fingerprint density at radius 2 is 2.14 bits per heavy atom. The minimum atomic E-state index is -0.604. The van der Waals surface area contributed by atoms with Crippen molar-refractivity contribution in [1.29, 1.82) is 0 Å². The number of ether oxygens (including phenoxy) is 1. The zero-order chi connectivity index (χ0) is 20.3. The molecule has 1 aliphatic heterocycles. The molecule has 3 rings (SSSR count). The normalized spacial score (nSPS) is 16.0.